The largest absolute Gasteiger partial charge is 0.363 e. The number of benzene rings is 2. The van der Waals surface area contributed by atoms with Gasteiger partial charge in [0.05, 0.1) is 45.2 Å². The third-order valence-electron chi connectivity index (χ3n) is 3.89. The number of nitro groups is 1. The van der Waals surface area contributed by atoms with Gasteiger partial charge in [-0.2, -0.15) is 0 Å². The van der Waals surface area contributed by atoms with Crippen LogP contribution in [-0.2, 0) is 6.54 Å². The van der Waals surface area contributed by atoms with Crippen LogP contribution in [-0.4, -0.2) is 21.9 Å². The highest BCUT2D eigenvalue weighted by Gasteiger charge is 2.30. The highest BCUT2D eigenvalue weighted by Crippen LogP contribution is 2.41. The highest BCUT2D eigenvalue weighted by atomic mass is 127. The third kappa shape index (κ3) is 3.54. The molecule has 1 heterocycles. The molecule has 23 heavy (non-hydrogen) atoms. The second-order valence-electron chi connectivity index (χ2n) is 5.42. The van der Waals surface area contributed by atoms with Crippen LogP contribution in [0.1, 0.15) is 5.56 Å². The molecule has 1 aliphatic rings. The number of fused-ring (bicyclic) bond motifs is 1. The van der Waals surface area contributed by atoms with E-state index in [9.17, 15) is 10.1 Å². The molecule has 5 nitrogen and oxygen atoms in total. The van der Waals surface area contributed by atoms with Crippen LogP contribution in [0.15, 0.2) is 48.5 Å². The van der Waals surface area contributed by atoms with Crippen molar-refractivity contribution in [1.82, 2.24) is 0 Å². The second-order valence-corrected chi connectivity index (χ2v) is 7.34. The van der Waals surface area contributed by atoms with E-state index in [0.717, 1.165) is 28.9 Å². The first-order chi connectivity index (χ1) is 11.1. The van der Waals surface area contributed by atoms with Crippen LogP contribution in [0, 0.1) is 10.1 Å². The van der Waals surface area contributed by atoms with Crippen LogP contribution < -0.4 is 8.01 Å². The molecule has 0 amide bonds. The van der Waals surface area contributed by atoms with Crippen LogP contribution in [0.3, 0.4) is 0 Å². The molecule has 2 aromatic carbocycles. The van der Waals surface area contributed by atoms with Gasteiger partial charge in [-0.1, -0.05) is 52.9 Å². The predicted octanol–water partition coefficient (Wildman–Crippen LogP) is 4.58. The maximum absolute atomic E-state index is 11.1. The minimum atomic E-state index is -0.330. The van der Waals surface area contributed by atoms with E-state index in [-0.39, 0.29) is 10.6 Å². The maximum atomic E-state index is 11.1. The lowest BCUT2D eigenvalue weighted by atomic mass is 10.1. The van der Waals surface area contributed by atoms with Crippen molar-refractivity contribution in [1.29, 1.82) is 0 Å². The quantitative estimate of drug-likeness (QED) is 0.189. The van der Waals surface area contributed by atoms with Gasteiger partial charge in [0.2, 0.25) is 0 Å². The number of hydrogen-bond donors (Lipinski definition) is 0. The SMILES string of the molecule is O=[N+]([O-])c1ccc2c(c1)N(Cc1ccccc1)CC(CI)N2I. The molecule has 0 spiro atoms. The van der Waals surface area contributed by atoms with Crippen LogP contribution in [0.4, 0.5) is 17.1 Å². The van der Waals surface area contributed by atoms with E-state index in [0.29, 0.717) is 6.04 Å². The van der Waals surface area contributed by atoms with Crippen molar-refractivity contribution < 1.29 is 4.92 Å². The monoisotopic (exact) mass is 535 g/mol. The minimum Gasteiger partial charge on any atom is -0.363 e. The summed E-state index contributed by atoms with van der Waals surface area (Å²) in [5, 5.41) is 11.1. The Labute approximate surface area is 162 Å². The van der Waals surface area contributed by atoms with Gasteiger partial charge in [0.25, 0.3) is 5.69 Å². The van der Waals surface area contributed by atoms with Crippen LogP contribution in [0.5, 0.6) is 0 Å². The van der Waals surface area contributed by atoms with Crippen molar-refractivity contribution in [3.63, 3.8) is 0 Å². The summed E-state index contributed by atoms with van der Waals surface area (Å²) in [6.07, 6.45) is 0. The number of alkyl halides is 1. The van der Waals surface area contributed by atoms with Crippen molar-refractivity contribution in [3.05, 3.63) is 64.2 Å². The van der Waals surface area contributed by atoms with Gasteiger partial charge in [0.15, 0.2) is 0 Å². The van der Waals surface area contributed by atoms with Crippen molar-refractivity contribution in [3.8, 4) is 0 Å². The zero-order valence-electron chi connectivity index (χ0n) is 12.2. The summed E-state index contributed by atoms with van der Waals surface area (Å²) in [6, 6.07) is 15.7. The molecule has 1 atom stereocenters. The van der Waals surface area contributed by atoms with E-state index in [2.05, 4.69) is 65.6 Å². The van der Waals surface area contributed by atoms with E-state index in [1.165, 1.54) is 5.56 Å². The fourth-order valence-electron chi connectivity index (χ4n) is 2.74. The molecular formula is C16H15I2N3O2. The first-order valence-corrected chi connectivity index (χ1v) is 9.67. The van der Waals surface area contributed by atoms with Crippen molar-refractivity contribution in [2.75, 3.05) is 19.0 Å². The summed E-state index contributed by atoms with van der Waals surface area (Å²) >= 11 is 4.71. The van der Waals surface area contributed by atoms with Gasteiger partial charge >= 0.3 is 0 Å². The van der Waals surface area contributed by atoms with Crippen LogP contribution >= 0.6 is 45.5 Å². The average Bonchev–Trinajstić information content (AvgIpc) is 2.57. The van der Waals surface area contributed by atoms with E-state index in [1.54, 1.807) is 12.1 Å². The molecule has 2 aromatic rings. The van der Waals surface area contributed by atoms with Crippen molar-refractivity contribution >= 4 is 62.5 Å². The van der Waals surface area contributed by atoms with Crippen molar-refractivity contribution in [2.45, 2.75) is 12.6 Å². The lowest BCUT2D eigenvalue weighted by Crippen LogP contribution is -2.45. The lowest BCUT2D eigenvalue weighted by Gasteiger charge is -2.40. The molecule has 0 saturated carbocycles. The summed E-state index contributed by atoms with van der Waals surface area (Å²) in [5.41, 5.74) is 3.32. The first-order valence-electron chi connectivity index (χ1n) is 7.18. The molecule has 0 bridgehead atoms. The molecule has 3 rings (SSSR count). The molecule has 0 aliphatic carbocycles. The van der Waals surface area contributed by atoms with Gasteiger partial charge in [0.1, 0.15) is 0 Å². The van der Waals surface area contributed by atoms with Gasteiger partial charge < -0.3 is 8.01 Å². The van der Waals surface area contributed by atoms with Crippen LogP contribution in [0.2, 0.25) is 0 Å². The van der Waals surface area contributed by atoms with Gasteiger partial charge in [-0.05, 0) is 11.6 Å². The molecule has 1 unspecified atom stereocenters. The molecule has 0 aromatic heterocycles. The first kappa shape index (κ1) is 16.7. The van der Waals surface area contributed by atoms with E-state index >= 15 is 0 Å². The Kier molecular flexibility index (Phi) is 5.24. The third-order valence-corrected chi connectivity index (χ3v) is 6.21. The number of nitro benzene ring substituents is 1. The second kappa shape index (κ2) is 7.20. The average molecular weight is 535 g/mol. The normalized spacial score (nSPS) is 17.0. The number of non-ortho nitro benzene ring substituents is 1. The number of hydrogen-bond acceptors (Lipinski definition) is 4. The molecule has 120 valence electrons. The Morgan fingerprint density at radius 2 is 1.91 bits per heavy atom. The standard InChI is InChI=1S/C16H15I2N3O2/c17-9-14-11-19(10-12-4-2-1-3-5-12)16-8-13(21(22)23)6-7-15(16)20(14)18/h1-8,14H,9-11H2. The molecule has 0 fully saturated rings. The van der Waals surface area contributed by atoms with Gasteiger partial charge in [-0.15, -0.1) is 0 Å². The highest BCUT2D eigenvalue weighted by molar-refractivity contribution is 14.1. The Balaban J connectivity index is 2.00. The maximum Gasteiger partial charge on any atom is 0.271 e. The summed E-state index contributed by atoms with van der Waals surface area (Å²) in [6.45, 7) is 1.61. The summed E-state index contributed by atoms with van der Waals surface area (Å²) in [4.78, 5) is 13.0. The Hall–Kier alpha value is -1.10. The Morgan fingerprint density at radius 1 is 1.17 bits per heavy atom. The minimum absolute atomic E-state index is 0.138. The van der Waals surface area contributed by atoms with Gasteiger partial charge in [-0.25, -0.2) is 0 Å². The van der Waals surface area contributed by atoms with E-state index in [4.69, 9.17) is 0 Å². The lowest BCUT2D eigenvalue weighted by molar-refractivity contribution is -0.384. The zero-order chi connectivity index (χ0) is 16.4. The fraction of sp³-hybridized carbons (Fsp3) is 0.250. The van der Waals surface area contributed by atoms with Gasteiger partial charge in [-0.3, -0.25) is 10.1 Å². The molecule has 0 saturated heterocycles. The molecule has 7 heteroatoms. The summed E-state index contributed by atoms with van der Waals surface area (Å²) < 4.78 is 3.20. The topological polar surface area (TPSA) is 49.6 Å². The van der Waals surface area contributed by atoms with E-state index < -0.39 is 0 Å². The predicted molar refractivity (Wildman–Crippen MR) is 110 cm³/mol. The van der Waals surface area contributed by atoms with Gasteiger partial charge in [0, 0.05) is 29.6 Å². The summed E-state index contributed by atoms with van der Waals surface area (Å²) in [7, 11) is 0. The zero-order valence-corrected chi connectivity index (χ0v) is 16.5. The Morgan fingerprint density at radius 3 is 2.57 bits per heavy atom. The molecule has 0 radical (unpaired) electrons. The van der Waals surface area contributed by atoms with Crippen LogP contribution in [0.25, 0.3) is 0 Å². The Bertz CT molecular complexity index is 712. The molecule has 0 N–H and O–H groups in total. The number of nitrogens with zero attached hydrogens (tertiary/aromatic N) is 3. The molecular weight excluding hydrogens is 520 g/mol. The molecule has 1 aliphatic heterocycles. The number of halogens is 2. The number of rotatable bonds is 4. The van der Waals surface area contributed by atoms with Crippen molar-refractivity contribution in [2.24, 2.45) is 0 Å². The summed E-state index contributed by atoms with van der Waals surface area (Å²) in [5.74, 6) is 0. The smallest absolute Gasteiger partial charge is 0.271 e. The van der Waals surface area contributed by atoms with E-state index in [1.807, 2.05) is 24.3 Å². The fourth-order valence-corrected chi connectivity index (χ4v) is 4.95. The number of anilines is 2.